The fourth-order valence-electron chi connectivity index (χ4n) is 3.12. The summed E-state index contributed by atoms with van der Waals surface area (Å²) >= 11 is 1.44. The van der Waals surface area contributed by atoms with Gasteiger partial charge in [-0.25, -0.2) is 12.8 Å². The Balaban J connectivity index is 1.39. The molecule has 2 atom stereocenters. The molecule has 0 unspecified atom stereocenters. The van der Waals surface area contributed by atoms with Gasteiger partial charge in [-0.05, 0) is 48.9 Å². The zero-order valence-electron chi connectivity index (χ0n) is 15.0. The number of amides is 1. The molecular formula is C19H18FN3O3S2. The second kappa shape index (κ2) is 7.21. The Labute approximate surface area is 166 Å². The number of amidine groups is 1. The van der Waals surface area contributed by atoms with Crippen LogP contribution in [-0.4, -0.2) is 42.3 Å². The van der Waals surface area contributed by atoms with Crippen molar-refractivity contribution in [3.05, 3.63) is 59.4 Å². The molecule has 1 saturated heterocycles. The van der Waals surface area contributed by atoms with E-state index in [1.54, 1.807) is 43.3 Å². The number of fused-ring (bicyclic) bond motifs is 1. The van der Waals surface area contributed by atoms with Gasteiger partial charge in [0.25, 0.3) is 5.91 Å². The summed E-state index contributed by atoms with van der Waals surface area (Å²) in [6, 6.07) is 11.2. The monoisotopic (exact) mass is 419 g/mol. The Morgan fingerprint density at radius 3 is 2.54 bits per heavy atom. The van der Waals surface area contributed by atoms with E-state index in [0.29, 0.717) is 22.0 Å². The lowest BCUT2D eigenvalue weighted by Gasteiger charge is -2.09. The third kappa shape index (κ3) is 4.05. The fraction of sp³-hybridized carbons (Fsp3) is 0.263. The number of hydrogen-bond acceptors (Lipinski definition) is 6. The molecule has 0 aliphatic carbocycles. The molecule has 2 aromatic rings. The first kappa shape index (κ1) is 18.9. The topological polar surface area (TPSA) is 87.6 Å². The number of nitrogens with zero attached hydrogens (tertiary/aromatic N) is 1. The van der Waals surface area contributed by atoms with Crippen molar-refractivity contribution in [3.63, 3.8) is 0 Å². The van der Waals surface area contributed by atoms with E-state index in [0.717, 1.165) is 5.69 Å². The SMILES string of the molecule is Cc1ccc(NC(=O)c2ccc(NC3=N[C@H]4CS(=O)(=O)C[C@@H]4S3)cc2)cc1F. The number of aryl methyl sites for hydroxylation is 1. The molecule has 28 heavy (non-hydrogen) atoms. The van der Waals surface area contributed by atoms with Crippen LogP contribution in [0.1, 0.15) is 15.9 Å². The Hall–Kier alpha value is -2.39. The van der Waals surface area contributed by atoms with Gasteiger partial charge in [0.15, 0.2) is 15.0 Å². The maximum atomic E-state index is 13.6. The predicted molar refractivity (Wildman–Crippen MR) is 110 cm³/mol. The molecule has 2 N–H and O–H groups in total. The molecule has 0 saturated carbocycles. The summed E-state index contributed by atoms with van der Waals surface area (Å²) in [5, 5.41) is 6.50. The molecule has 2 aliphatic rings. The van der Waals surface area contributed by atoms with Gasteiger partial charge in [0.05, 0.1) is 17.5 Å². The molecule has 0 bridgehead atoms. The van der Waals surface area contributed by atoms with Crippen LogP contribution >= 0.6 is 11.8 Å². The first-order chi connectivity index (χ1) is 13.3. The number of rotatable bonds is 3. The van der Waals surface area contributed by atoms with Crippen molar-refractivity contribution in [2.75, 3.05) is 22.1 Å². The number of thioether (sulfide) groups is 1. The molecular weight excluding hydrogens is 401 g/mol. The highest BCUT2D eigenvalue weighted by Crippen LogP contribution is 2.34. The van der Waals surface area contributed by atoms with Crippen molar-refractivity contribution in [2.24, 2.45) is 4.99 Å². The van der Waals surface area contributed by atoms with Crippen LogP contribution in [0.15, 0.2) is 47.5 Å². The minimum Gasteiger partial charge on any atom is -0.335 e. The van der Waals surface area contributed by atoms with E-state index in [4.69, 9.17) is 0 Å². The van der Waals surface area contributed by atoms with Crippen molar-refractivity contribution in [1.29, 1.82) is 0 Å². The Morgan fingerprint density at radius 2 is 1.86 bits per heavy atom. The van der Waals surface area contributed by atoms with E-state index in [2.05, 4.69) is 15.6 Å². The van der Waals surface area contributed by atoms with Crippen LogP contribution in [0.3, 0.4) is 0 Å². The van der Waals surface area contributed by atoms with Gasteiger partial charge in [-0.1, -0.05) is 17.8 Å². The summed E-state index contributed by atoms with van der Waals surface area (Å²) in [7, 11) is -2.97. The van der Waals surface area contributed by atoms with Gasteiger partial charge >= 0.3 is 0 Å². The number of anilines is 2. The molecule has 0 aromatic heterocycles. The number of carbonyl (C=O) groups excluding carboxylic acids is 1. The van der Waals surface area contributed by atoms with Gasteiger partial charge in [-0.15, -0.1) is 0 Å². The van der Waals surface area contributed by atoms with Crippen molar-refractivity contribution in [3.8, 4) is 0 Å². The highest BCUT2D eigenvalue weighted by Gasteiger charge is 2.42. The van der Waals surface area contributed by atoms with Crippen LogP contribution in [0, 0.1) is 12.7 Å². The van der Waals surface area contributed by atoms with Gasteiger partial charge in [-0.2, -0.15) is 0 Å². The quantitative estimate of drug-likeness (QED) is 0.798. The van der Waals surface area contributed by atoms with Crippen LogP contribution in [-0.2, 0) is 9.84 Å². The molecule has 2 aliphatic heterocycles. The van der Waals surface area contributed by atoms with Gasteiger partial charge in [0, 0.05) is 22.2 Å². The van der Waals surface area contributed by atoms with Crippen LogP contribution in [0.2, 0.25) is 0 Å². The third-order valence-electron chi connectivity index (χ3n) is 4.65. The van der Waals surface area contributed by atoms with Gasteiger partial charge in [0.2, 0.25) is 0 Å². The minimum atomic E-state index is -2.97. The van der Waals surface area contributed by atoms with Gasteiger partial charge < -0.3 is 10.6 Å². The lowest BCUT2D eigenvalue weighted by molar-refractivity contribution is 0.102. The number of aliphatic imine (C=N–C) groups is 1. The summed E-state index contributed by atoms with van der Waals surface area (Å²) in [5.41, 5.74) is 2.11. The molecule has 0 spiro atoms. The van der Waals surface area contributed by atoms with Crippen LogP contribution in [0.5, 0.6) is 0 Å². The smallest absolute Gasteiger partial charge is 0.255 e. The van der Waals surface area contributed by atoms with Gasteiger partial charge in [-0.3, -0.25) is 9.79 Å². The third-order valence-corrected chi connectivity index (χ3v) is 7.79. The van der Waals surface area contributed by atoms with Crippen molar-refractivity contribution in [1.82, 2.24) is 0 Å². The molecule has 2 heterocycles. The number of sulfone groups is 1. The average molecular weight is 420 g/mol. The second-order valence-corrected chi connectivity index (χ2v) is 10.2. The number of hydrogen-bond donors (Lipinski definition) is 2. The predicted octanol–water partition coefficient (Wildman–Crippen LogP) is 3.07. The van der Waals surface area contributed by atoms with Crippen molar-refractivity contribution >= 4 is 44.0 Å². The number of carbonyl (C=O) groups is 1. The average Bonchev–Trinajstić information content (AvgIpc) is 3.11. The van der Waals surface area contributed by atoms with Crippen LogP contribution < -0.4 is 10.6 Å². The van der Waals surface area contributed by atoms with E-state index in [1.165, 1.54) is 17.8 Å². The Kier molecular flexibility index (Phi) is 4.88. The lowest BCUT2D eigenvalue weighted by atomic mass is 10.1. The zero-order valence-corrected chi connectivity index (χ0v) is 16.6. The van der Waals surface area contributed by atoms with Crippen molar-refractivity contribution < 1.29 is 17.6 Å². The molecule has 1 fully saturated rings. The minimum absolute atomic E-state index is 0.0209. The molecule has 0 radical (unpaired) electrons. The molecule has 9 heteroatoms. The normalized spacial score (nSPS) is 22.4. The van der Waals surface area contributed by atoms with Gasteiger partial charge in [0.1, 0.15) is 5.82 Å². The highest BCUT2D eigenvalue weighted by atomic mass is 32.2. The van der Waals surface area contributed by atoms with E-state index < -0.39 is 9.84 Å². The van der Waals surface area contributed by atoms with Crippen LogP contribution in [0.4, 0.5) is 15.8 Å². The first-order valence-corrected chi connectivity index (χ1v) is 11.4. The summed E-state index contributed by atoms with van der Waals surface area (Å²) in [5.74, 6) is -0.434. The fourth-order valence-corrected chi connectivity index (χ4v) is 6.79. The van der Waals surface area contributed by atoms with Crippen molar-refractivity contribution in [2.45, 2.75) is 18.2 Å². The number of benzene rings is 2. The number of halogens is 1. The summed E-state index contributed by atoms with van der Waals surface area (Å²) in [6.07, 6.45) is 0. The Morgan fingerprint density at radius 1 is 1.14 bits per heavy atom. The number of nitrogens with one attached hydrogen (secondary N) is 2. The highest BCUT2D eigenvalue weighted by molar-refractivity contribution is 8.15. The molecule has 146 valence electrons. The lowest BCUT2D eigenvalue weighted by Crippen LogP contribution is -2.13. The van der Waals surface area contributed by atoms with E-state index in [1.807, 2.05) is 0 Å². The van der Waals surface area contributed by atoms with E-state index in [9.17, 15) is 17.6 Å². The summed E-state index contributed by atoms with van der Waals surface area (Å²) in [4.78, 5) is 16.8. The van der Waals surface area contributed by atoms with E-state index >= 15 is 0 Å². The molecule has 1 amide bonds. The molecule has 6 nitrogen and oxygen atoms in total. The molecule has 2 aromatic carbocycles. The summed E-state index contributed by atoms with van der Waals surface area (Å²) in [6.45, 7) is 1.66. The molecule has 4 rings (SSSR count). The van der Waals surface area contributed by atoms with E-state index in [-0.39, 0.29) is 34.5 Å². The first-order valence-electron chi connectivity index (χ1n) is 8.68. The second-order valence-electron chi connectivity index (χ2n) is 6.86. The Bertz CT molecular complexity index is 1070. The summed E-state index contributed by atoms with van der Waals surface area (Å²) < 4.78 is 36.8. The maximum Gasteiger partial charge on any atom is 0.255 e. The largest absolute Gasteiger partial charge is 0.335 e. The zero-order chi connectivity index (χ0) is 19.9. The maximum absolute atomic E-state index is 13.6. The van der Waals surface area contributed by atoms with Crippen LogP contribution in [0.25, 0.3) is 0 Å². The standard InChI is InChI=1S/C19H18FN3O3S2/c1-11-2-5-14(8-15(11)20)21-18(24)12-3-6-13(7-4-12)22-19-23-16-9-28(25,26)10-17(16)27-19/h2-8,16-17H,9-10H2,1H3,(H,21,24)(H,22,23)/t16-,17-/m0/s1.